The second-order valence-electron chi connectivity index (χ2n) is 3.99. The van der Waals surface area contributed by atoms with Crippen LogP contribution in [0.5, 0.6) is 0 Å². The first-order valence-electron chi connectivity index (χ1n) is 5.40. The lowest BCUT2D eigenvalue weighted by molar-refractivity contribution is -0.141. The van der Waals surface area contributed by atoms with E-state index in [4.69, 9.17) is 5.73 Å². The smallest absolute Gasteiger partial charge is 0.368 e. The Morgan fingerprint density at radius 3 is 2.32 bits per heavy atom. The quantitative estimate of drug-likeness (QED) is 0.878. The lowest BCUT2D eigenvalue weighted by atomic mass is 10.2. The molecule has 0 saturated heterocycles. The van der Waals surface area contributed by atoms with Crippen LogP contribution >= 0.6 is 0 Å². The molecule has 0 aliphatic carbocycles. The highest BCUT2D eigenvalue weighted by Gasteiger charge is 2.33. The van der Waals surface area contributed by atoms with Crippen molar-refractivity contribution in [1.82, 2.24) is 9.97 Å². The van der Waals surface area contributed by atoms with E-state index in [2.05, 4.69) is 15.3 Å². The Bertz CT molecular complexity index is 579. The van der Waals surface area contributed by atoms with Gasteiger partial charge in [0.1, 0.15) is 5.82 Å². The third-order valence-electron chi connectivity index (χ3n) is 2.36. The van der Waals surface area contributed by atoms with E-state index in [0.717, 1.165) is 11.6 Å². The molecule has 0 fully saturated rings. The van der Waals surface area contributed by atoms with E-state index >= 15 is 0 Å². The molecular weight excluding hydrogens is 257 g/mol. The fourth-order valence-corrected chi connectivity index (χ4v) is 1.46. The largest absolute Gasteiger partial charge is 0.433 e. The Hall–Kier alpha value is -2.31. The van der Waals surface area contributed by atoms with Gasteiger partial charge in [0.2, 0.25) is 5.95 Å². The highest BCUT2D eigenvalue weighted by molar-refractivity contribution is 5.57. The number of nitrogens with one attached hydrogen (secondary N) is 1. The molecule has 0 aliphatic rings. The van der Waals surface area contributed by atoms with Gasteiger partial charge in [0.05, 0.1) is 0 Å². The molecule has 1 heterocycles. The molecule has 2 aromatic rings. The number of halogens is 3. The van der Waals surface area contributed by atoms with Crippen molar-refractivity contribution in [3.8, 4) is 0 Å². The van der Waals surface area contributed by atoms with Gasteiger partial charge in [-0.15, -0.1) is 0 Å². The third-order valence-corrected chi connectivity index (χ3v) is 2.36. The van der Waals surface area contributed by atoms with Crippen LogP contribution in [0, 0.1) is 6.92 Å². The molecule has 0 amide bonds. The molecule has 4 nitrogen and oxygen atoms in total. The average molecular weight is 268 g/mol. The molecule has 0 bridgehead atoms. The molecule has 0 atom stereocenters. The number of anilines is 3. The Kier molecular flexibility index (Phi) is 3.28. The number of nitrogens with two attached hydrogens (primary N) is 1. The van der Waals surface area contributed by atoms with Crippen LogP contribution < -0.4 is 11.1 Å². The van der Waals surface area contributed by atoms with Crippen molar-refractivity contribution in [1.29, 1.82) is 0 Å². The van der Waals surface area contributed by atoms with Gasteiger partial charge in [-0.05, 0) is 19.1 Å². The molecule has 0 unspecified atom stereocenters. The van der Waals surface area contributed by atoms with Crippen LogP contribution in [0.3, 0.4) is 0 Å². The summed E-state index contributed by atoms with van der Waals surface area (Å²) < 4.78 is 37.7. The highest BCUT2D eigenvalue weighted by Crippen LogP contribution is 2.29. The van der Waals surface area contributed by atoms with Crippen LogP contribution in [0.2, 0.25) is 0 Å². The first kappa shape index (κ1) is 13.1. The first-order chi connectivity index (χ1) is 8.84. The fraction of sp³-hybridized carbons (Fsp3) is 0.167. The van der Waals surface area contributed by atoms with Crippen molar-refractivity contribution in [2.45, 2.75) is 13.1 Å². The highest BCUT2D eigenvalue weighted by atomic mass is 19.4. The number of benzene rings is 1. The second kappa shape index (κ2) is 4.75. The van der Waals surface area contributed by atoms with Crippen LogP contribution in [0.25, 0.3) is 0 Å². The SMILES string of the molecule is Cc1ccc(Nc2cc(C(F)(F)F)nc(N)n2)cc1. The first-order valence-corrected chi connectivity index (χ1v) is 5.40. The van der Waals surface area contributed by atoms with Crippen molar-refractivity contribution < 1.29 is 13.2 Å². The second-order valence-corrected chi connectivity index (χ2v) is 3.99. The fourth-order valence-electron chi connectivity index (χ4n) is 1.46. The number of aryl methyl sites for hydroxylation is 1. The third kappa shape index (κ3) is 3.34. The van der Waals surface area contributed by atoms with Gasteiger partial charge in [0, 0.05) is 11.8 Å². The molecule has 1 aromatic carbocycles. The van der Waals surface area contributed by atoms with Crippen molar-refractivity contribution in [2.24, 2.45) is 0 Å². The molecule has 3 N–H and O–H groups in total. The molecule has 0 spiro atoms. The van der Waals surface area contributed by atoms with E-state index in [-0.39, 0.29) is 5.82 Å². The summed E-state index contributed by atoms with van der Waals surface area (Å²) in [7, 11) is 0. The maximum absolute atomic E-state index is 12.6. The predicted octanol–water partition coefficient (Wildman–Crippen LogP) is 3.13. The van der Waals surface area contributed by atoms with E-state index < -0.39 is 17.8 Å². The summed E-state index contributed by atoms with van der Waals surface area (Å²) >= 11 is 0. The van der Waals surface area contributed by atoms with Crippen molar-refractivity contribution >= 4 is 17.5 Å². The minimum Gasteiger partial charge on any atom is -0.368 e. The molecule has 0 aliphatic heterocycles. The molecule has 7 heteroatoms. The Morgan fingerprint density at radius 2 is 1.74 bits per heavy atom. The Balaban J connectivity index is 2.30. The van der Waals surface area contributed by atoms with E-state index in [1.807, 2.05) is 19.1 Å². The maximum atomic E-state index is 12.6. The van der Waals surface area contributed by atoms with Gasteiger partial charge in [-0.25, -0.2) is 4.98 Å². The summed E-state index contributed by atoms with van der Waals surface area (Å²) in [6, 6.07) is 7.95. The zero-order valence-corrected chi connectivity index (χ0v) is 9.99. The van der Waals surface area contributed by atoms with Crippen molar-refractivity contribution in [3.63, 3.8) is 0 Å². The Morgan fingerprint density at radius 1 is 1.11 bits per heavy atom. The molecule has 0 radical (unpaired) electrons. The van der Waals surface area contributed by atoms with E-state index in [1.165, 1.54) is 0 Å². The monoisotopic (exact) mass is 268 g/mol. The van der Waals surface area contributed by atoms with E-state index in [0.29, 0.717) is 5.69 Å². The predicted molar refractivity (Wildman–Crippen MR) is 65.9 cm³/mol. The Labute approximate surface area is 107 Å². The van der Waals surface area contributed by atoms with Gasteiger partial charge in [-0.2, -0.15) is 18.2 Å². The summed E-state index contributed by atoms with van der Waals surface area (Å²) in [5.74, 6) is -0.423. The van der Waals surface area contributed by atoms with Crippen molar-refractivity contribution in [3.05, 3.63) is 41.6 Å². The van der Waals surface area contributed by atoms with Gasteiger partial charge >= 0.3 is 6.18 Å². The van der Waals surface area contributed by atoms with Crippen LogP contribution in [0.15, 0.2) is 30.3 Å². The van der Waals surface area contributed by atoms with Crippen LogP contribution in [0.1, 0.15) is 11.3 Å². The maximum Gasteiger partial charge on any atom is 0.433 e. The van der Waals surface area contributed by atoms with Gasteiger partial charge in [0.25, 0.3) is 0 Å². The van der Waals surface area contributed by atoms with Gasteiger partial charge in [0.15, 0.2) is 5.69 Å². The summed E-state index contributed by atoms with van der Waals surface area (Å²) in [5.41, 5.74) is 5.86. The lowest BCUT2D eigenvalue weighted by Crippen LogP contribution is -2.12. The topological polar surface area (TPSA) is 63.8 Å². The molecule has 0 saturated carbocycles. The van der Waals surface area contributed by atoms with Crippen LogP contribution in [-0.4, -0.2) is 9.97 Å². The number of nitrogen functional groups attached to an aromatic ring is 1. The van der Waals surface area contributed by atoms with Crippen molar-refractivity contribution in [2.75, 3.05) is 11.1 Å². The lowest BCUT2D eigenvalue weighted by Gasteiger charge is -2.10. The van der Waals surface area contributed by atoms with E-state index in [1.54, 1.807) is 12.1 Å². The normalized spacial score (nSPS) is 11.4. The standard InChI is InChI=1S/C12H11F3N4/c1-7-2-4-8(5-3-7)17-10-6-9(12(13,14)15)18-11(16)19-10/h2-6H,1H3,(H3,16,17,18,19). The zero-order valence-electron chi connectivity index (χ0n) is 9.99. The summed E-state index contributed by atoms with van der Waals surface area (Å²) in [6.07, 6.45) is -4.55. The van der Waals surface area contributed by atoms with Crippen LogP contribution in [0.4, 0.5) is 30.6 Å². The van der Waals surface area contributed by atoms with Gasteiger partial charge < -0.3 is 11.1 Å². The molecular formula is C12H11F3N4. The summed E-state index contributed by atoms with van der Waals surface area (Å²) in [6.45, 7) is 1.91. The zero-order chi connectivity index (χ0) is 14.0. The number of alkyl halides is 3. The number of hydrogen-bond donors (Lipinski definition) is 2. The number of aromatic nitrogens is 2. The molecule has 100 valence electrons. The minimum atomic E-state index is -4.55. The number of nitrogens with zero attached hydrogens (tertiary/aromatic N) is 2. The van der Waals surface area contributed by atoms with Gasteiger partial charge in [-0.1, -0.05) is 17.7 Å². The van der Waals surface area contributed by atoms with E-state index in [9.17, 15) is 13.2 Å². The van der Waals surface area contributed by atoms with Gasteiger partial charge in [-0.3, -0.25) is 0 Å². The minimum absolute atomic E-state index is 0.00341. The summed E-state index contributed by atoms with van der Waals surface area (Å²) in [4.78, 5) is 6.88. The molecule has 1 aromatic heterocycles. The summed E-state index contributed by atoms with van der Waals surface area (Å²) in [5, 5.41) is 2.75. The van der Waals surface area contributed by atoms with Crippen LogP contribution in [-0.2, 0) is 6.18 Å². The number of rotatable bonds is 2. The molecule has 19 heavy (non-hydrogen) atoms. The average Bonchev–Trinajstić information content (AvgIpc) is 2.30. The number of hydrogen-bond acceptors (Lipinski definition) is 4. The molecule has 2 rings (SSSR count).